The molecule has 32 heavy (non-hydrogen) atoms. The van der Waals surface area contributed by atoms with Gasteiger partial charge in [-0.15, -0.1) is 0 Å². The second-order valence-corrected chi connectivity index (χ2v) is 9.76. The van der Waals surface area contributed by atoms with Crippen LogP contribution in [0.3, 0.4) is 0 Å². The summed E-state index contributed by atoms with van der Waals surface area (Å²) < 4.78 is 58.8. The first kappa shape index (κ1) is 23.1. The predicted molar refractivity (Wildman–Crippen MR) is 120 cm³/mol. The van der Waals surface area contributed by atoms with Crippen LogP contribution in [0, 0.1) is 0 Å². The molecule has 3 aromatic carbocycles. The van der Waals surface area contributed by atoms with E-state index in [2.05, 4.69) is 10.6 Å². The second kappa shape index (κ2) is 9.71. The van der Waals surface area contributed by atoms with Crippen LogP contribution in [0.2, 0.25) is 0 Å². The van der Waals surface area contributed by atoms with Gasteiger partial charge in [0, 0.05) is 0 Å². The second-order valence-electron chi connectivity index (χ2n) is 6.35. The lowest BCUT2D eigenvalue weighted by Gasteiger charge is -2.14. The molecule has 3 aromatic rings. The third-order valence-corrected chi connectivity index (χ3v) is 6.46. The van der Waals surface area contributed by atoms with E-state index in [4.69, 9.17) is 8.37 Å². The highest BCUT2D eigenvalue weighted by molar-refractivity contribution is 7.87. The number of hydrogen-bond acceptors (Lipinski definition) is 7. The van der Waals surface area contributed by atoms with Gasteiger partial charge in [0.25, 0.3) is 0 Å². The number of rotatable bonds is 8. The highest BCUT2D eigenvalue weighted by Gasteiger charge is 2.19. The molecule has 2 amide bonds. The number of benzene rings is 3. The van der Waals surface area contributed by atoms with Gasteiger partial charge in [-0.2, -0.15) is 16.8 Å². The fourth-order valence-electron chi connectivity index (χ4n) is 2.51. The zero-order chi connectivity index (χ0) is 23.2. The lowest BCUT2D eigenvalue weighted by molar-refractivity contribution is 0.262. The summed E-state index contributed by atoms with van der Waals surface area (Å²) in [5.74, 6) is -0.390. The number of para-hydroxylation sites is 4. The zero-order valence-corrected chi connectivity index (χ0v) is 18.5. The Balaban J connectivity index is 1.78. The molecule has 0 spiro atoms. The van der Waals surface area contributed by atoms with Crippen molar-refractivity contribution in [3.63, 3.8) is 0 Å². The summed E-state index contributed by atoms with van der Waals surface area (Å²) in [4.78, 5) is 12.5. The minimum Gasteiger partial charge on any atom is -0.380 e. The topological polar surface area (TPSA) is 128 Å². The Morgan fingerprint density at radius 2 is 1.19 bits per heavy atom. The molecular formula is C21H20N2O7S2. The molecule has 0 aliphatic carbocycles. The molecule has 2 N–H and O–H groups in total. The van der Waals surface area contributed by atoms with Crippen molar-refractivity contribution in [3.05, 3.63) is 78.9 Å². The van der Waals surface area contributed by atoms with Gasteiger partial charge < -0.3 is 19.0 Å². The first-order chi connectivity index (χ1) is 15.2. The summed E-state index contributed by atoms with van der Waals surface area (Å²) in [6, 6.07) is 18.8. The van der Waals surface area contributed by atoms with E-state index in [-0.39, 0.29) is 33.5 Å². The van der Waals surface area contributed by atoms with Crippen LogP contribution in [0.5, 0.6) is 11.5 Å². The van der Waals surface area contributed by atoms with E-state index >= 15 is 0 Å². The summed E-state index contributed by atoms with van der Waals surface area (Å²) in [5, 5.41) is 4.98. The summed E-state index contributed by atoms with van der Waals surface area (Å²) >= 11 is 0. The monoisotopic (exact) mass is 476 g/mol. The largest absolute Gasteiger partial charge is 0.380 e. The molecule has 0 fully saturated rings. The molecule has 0 atom stereocenters. The number of nitrogens with one attached hydrogen (secondary N) is 2. The number of urea groups is 1. The molecule has 0 saturated carbocycles. The molecule has 3 rings (SSSR count). The molecule has 0 unspecified atom stereocenters. The van der Waals surface area contributed by atoms with Crippen molar-refractivity contribution in [2.45, 2.75) is 11.8 Å². The van der Waals surface area contributed by atoms with Crippen molar-refractivity contribution in [1.29, 1.82) is 0 Å². The number of carbonyl (C=O) groups is 1. The van der Waals surface area contributed by atoms with Gasteiger partial charge in [-0.25, -0.2) is 4.79 Å². The zero-order valence-electron chi connectivity index (χ0n) is 16.9. The van der Waals surface area contributed by atoms with Gasteiger partial charge in [0.2, 0.25) is 0 Å². The van der Waals surface area contributed by atoms with E-state index in [1.54, 1.807) is 42.5 Å². The van der Waals surface area contributed by atoms with Gasteiger partial charge in [0.15, 0.2) is 11.5 Å². The number of amides is 2. The third kappa shape index (κ3) is 5.99. The molecule has 0 aliphatic heterocycles. The van der Waals surface area contributed by atoms with Crippen molar-refractivity contribution in [1.82, 2.24) is 0 Å². The van der Waals surface area contributed by atoms with Crippen LogP contribution in [0.4, 0.5) is 16.2 Å². The first-order valence-electron chi connectivity index (χ1n) is 9.38. The SMILES string of the molecule is CCS(=O)(=O)Oc1ccccc1NC(=O)Nc1ccccc1OS(=O)(=O)c1ccccc1. The first-order valence-corrected chi connectivity index (χ1v) is 12.4. The Morgan fingerprint density at radius 1 is 0.719 bits per heavy atom. The minimum atomic E-state index is -4.12. The van der Waals surface area contributed by atoms with Crippen LogP contribution in [0.15, 0.2) is 83.8 Å². The maximum Gasteiger partial charge on any atom is 0.339 e. The Morgan fingerprint density at radius 3 is 1.72 bits per heavy atom. The Bertz CT molecular complexity index is 1310. The normalized spacial score (nSPS) is 11.4. The lowest BCUT2D eigenvalue weighted by Crippen LogP contribution is -2.21. The number of hydrogen-bond donors (Lipinski definition) is 2. The lowest BCUT2D eigenvalue weighted by atomic mass is 10.3. The molecule has 0 radical (unpaired) electrons. The van der Waals surface area contributed by atoms with Crippen molar-refractivity contribution < 1.29 is 30.0 Å². The summed E-state index contributed by atoms with van der Waals surface area (Å²) in [7, 11) is -7.92. The summed E-state index contributed by atoms with van der Waals surface area (Å²) in [6.07, 6.45) is 0. The summed E-state index contributed by atoms with van der Waals surface area (Å²) in [6.45, 7) is 1.43. The number of anilines is 2. The molecule has 0 bridgehead atoms. The average Bonchev–Trinajstić information content (AvgIpc) is 2.77. The van der Waals surface area contributed by atoms with E-state index < -0.39 is 26.3 Å². The van der Waals surface area contributed by atoms with Gasteiger partial charge in [-0.1, -0.05) is 42.5 Å². The van der Waals surface area contributed by atoms with Crippen molar-refractivity contribution in [2.24, 2.45) is 0 Å². The van der Waals surface area contributed by atoms with Gasteiger partial charge in [0.1, 0.15) is 4.90 Å². The maximum absolute atomic E-state index is 12.5. The molecule has 11 heteroatoms. The molecule has 9 nitrogen and oxygen atoms in total. The van der Waals surface area contributed by atoms with Crippen molar-refractivity contribution in [2.75, 3.05) is 16.4 Å². The van der Waals surface area contributed by atoms with E-state index in [0.717, 1.165) is 0 Å². The molecule has 0 aliphatic rings. The minimum absolute atomic E-state index is 0.0394. The van der Waals surface area contributed by atoms with E-state index in [1.807, 2.05) is 0 Å². The van der Waals surface area contributed by atoms with Gasteiger partial charge in [0.05, 0.1) is 17.1 Å². The van der Waals surface area contributed by atoms with E-state index in [9.17, 15) is 21.6 Å². The third-order valence-electron chi connectivity index (χ3n) is 4.07. The fourth-order valence-corrected chi connectivity index (χ4v) is 4.02. The van der Waals surface area contributed by atoms with Gasteiger partial charge in [-0.05, 0) is 43.3 Å². The van der Waals surface area contributed by atoms with Crippen LogP contribution in [0.25, 0.3) is 0 Å². The van der Waals surface area contributed by atoms with Crippen LogP contribution in [0.1, 0.15) is 6.92 Å². The molecule has 0 heterocycles. The van der Waals surface area contributed by atoms with E-state index in [0.29, 0.717) is 0 Å². The number of carbonyl (C=O) groups excluding carboxylic acids is 1. The molecule has 0 aromatic heterocycles. The summed E-state index contributed by atoms with van der Waals surface area (Å²) in [5.41, 5.74) is 0.196. The quantitative estimate of drug-likeness (QED) is 0.473. The van der Waals surface area contributed by atoms with Crippen molar-refractivity contribution in [3.8, 4) is 11.5 Å². The highest BCUT2D eigenvalue weighted by Crippen LogP contribution is 2.29. The molecule has 168 valence electrons. The van der Waals surface area contributed by atoms with Crippen LogP contribution in [-0.2, 0) is 20.2 Å². The predicted octanol–water partition coefficient (Wildman–Crippen LogP) is 3.83. The molecule has 0 saturated heterocycles. The molecular weight excluding hydrogens is 456 g/mol. The van der Waals surface area contributed by atoms with Crippen LogP contribution < -0.4 is 19.0 Å². The smallest absolute Gasteiger partial charge is 0.339 e. The van der Waals surface area contributed by atoms with Gasteiger partial charge >= 0.3 is 26.3 Å². The standard InChI is InChI=1S/C21H20N2O7S2/c1-2-31(25,26)29-19-14-8-6-12-17(19)22-21(24)23-18-13-7-9-15-20(18)30-32(27,28)16-10-4-3-5-11-16/h3-15H,2H2,1H3,(H2,22,23,24). The Kier molecular flexibility index (Phi) is 7.01. The van der Waals surface area contributed by atoms with Crippen molar-refractivity contribution >= 4 is 37.6 Å². The maximum atomic E-state index is 12.5. The highest BCUT2D eigenvalue weighted by atomic mass is 32.2. The van der Waals surface area contributed by atoms with E-state index in [1.165, 1.54) is 43.3 Å². The van der Waals surface area contributed by atoms with Gasteiger partial charge in [-0.3, -0.25) is 0 Å². The Labute approximate surface area is 186 Å². The fraction of sp³-hybridized carbons (Fsp3) is 0.0952. The Hall–Kier alpha value is -3.57. The van der Waals surface area contributed by atoms with Crippen LogP contribution in [-0.4, -0.2) is 28.6 Å². The average molecular weight is 477 g/mol. The van der Waals surface area contributed by atoms with Crippen LogP contribution >= 0.6 is 0 Å².